The van der Waals surface area contributed by atoms with Crippen molar-refractivity contribution in [1.29, 1.82) is 0 Å². The SMILES string of the molecule is NC1CCCCCC1C(=O)NCC1CCOC1. The molecule has 0 bridgehead atoms. The highest BCUT2D eigenvalue weighted by Gasteiger charge is 2.27. The van der Waals surface area contributed by atoms with Crippen LogP contribution in [0.2, 0.25) is 0 Å². The smallest absolute Gasteiger partial charge is 0.224 e. The van der Waals surface area contributed by atoms with Gasteiger partial charge in [-0.1, -0.05) is 19.3 Å². The molecule has 1 saturated heterocycles. The van der Waals surface area contributed by atoms with Crippen LogP contribution in [0.5, 0.6) is 0 Å². The van der Waals surface area contributed by atoms with Crippen molar-refractivity contribution >= 4 is 5.91 Å². The van der Waals surface area contributed by atoms with E-state index in [4.69, 9.17) is 10.5 Å². The number of hydrogen-bond donors (Lipinski definition) is 2. The molecule has 2 rings (SSSR count). The van der Waals surface area contributed by atoms with Gasteiger partial charge in [0.15, 0.2) is 0 Å². The molecule has 17 heavy (non-hydrogen) atoms. The van der Waals surface area contributed by atoms with Crippen molar-refractivity contribution in [1.82, 2.24) is 5.32 Å². The zero-order valence-electron chi connectivity index (χ0n) is 10.5. The van der Waals surface area contributed by atoms with Crippen molar-refractivity contribution in [2.45, 2.75) is 44.6 Å². The van der Waals surface area contributed by atoms with Crippen LogP contribution in [0.25, 0.3) is 0 Å². The highest BCUT2D eigenvalue weighted by Crippen LogP contribution is 2.22. The molecule has 3 unspecified atom stereocenters. The minimum Gasteiger partial charge on any atom is -0.381 e. The molecule has 0 aromatic carbocycles. The van der Waals surface area contributed by atoms with Gasteiger partial charge in [0.25, 0.3) is 0 Å². The molecule has 0 aromatic heterocycles. The minimum atomic E-state index is 0.0276. The van der Waals surface area contributed by atoms with Crippen LogP contribution in [0.3, 0.4) is 0 Å². The molecule has 1 aliphatic heterocycles. The van der Waals surface area contributed by atoms with Gasteiger partial charge in [0.1, 0.15) is 0 Å². The predicted molar refractivity (Wildman–Crippen MR) is 66.5 cm³/mol. The Morgan fingerprint density at radius 2 is 2.06 bits per heavy atom. The zero-order valence-corrected chi connectivity index (χ0v) is 10.5. The minimum absolute atomic E-state index is 0.0276. The van der Waals surface area contributed by atoms with Crippen molar-refractivity contribution in [3.8, 4) is 0 Å². The van der Waals surface area contributed by atoms with Crippen LogP contribution in [-0.4, -0.2) is 31.7 Å². The van der Waals surface area contributed by atoms with Gasteiger partial charge in [-0.3, -0.25) is 4.79 Å². The number of hydrogen-bond acceptors (Lipinski definition) is 3. The summed E-state index contributed by atoms with van der Waals surface area (Å²) in [6.07, 6.45) is 6.53. The Hall–Kier alpha value is -0.610. The molecule has 1 amide bonds. The van der Waals surface area contributed by atoms with E-state index in [1.807, 2.05) is 0 Å². The molecule has 3 atom stereocenters. The number of nitrogens with two attached hydrogens (primary N) is 1. The van der Waals surface area contributed by atoms with Crippen LogP contribution in [0.4, 0.5) is 0 Å². The average Bonchev–Trinajstić information content (AvgIpc) is 2.75. The van der Waals surface area contributed by atoms with E-state index in [9.17, 15) is 4.79 Å². The van der Waals surface area contributed by atoms with Crippen LogP contribution < -0.4 is 11.1 Å². The summed E-state index contributed by atoms with van der Waals surface area (Å²) in [7, 11) is 0. The summed E-state index contributed by atoms with van der Waals surface area (Å²) in [4.78, 5) is 12.1. The standard InChI is InChI=1S/C13H24N2O2/c14-12-5-3-1-2-4-11(12)13(16)15-8-10-6-7-17-9-10/h10-12H,1-9,14H2,(H,15,16). The lowest BCUT2D eigenvalue weighted by molar-refractivity contribution is -0.126. The molecule has 1 saturated carbocycles. The van der Waals surface area contributed by atoms with Gasteiger partial charge in [-0.25, -0.2) is 0 Å². The Morgan fingerprint density at radius 3 is 2.82 bits per heavy atom. The molecular weight excluding hydrogens is 216 g/mol. The number of nitrogens with one attached hydrogen (secondary N) is 1. The number of carbonyl (C=O) groups is 1. The first-order valence-corrected chi connectivity index (χ1v) is 6.88. The maximum atomic E-state index is 12.1. The summed E-state index contributed by atoms with van der Waals surface area (Å²) in [5.41, 5.74) is 6.08. The lowest BCUT2D eigenvalue weighted by Gasteiger charge is -2.21. The molecule has 0 aromatic rings. The molecule has 0 radical (unpaired) electrons. The zero-order chi connectivity index (χ0) is 12.1. The van der Waals surface area contributed by atoms with Gasteiger partial charge in [-0.15, -0.1) is 0 Å². The largest absolute Gasteiger partial charge is 0.381 e. The summed E-state index contributed by atoms with van der Waals surface area (Å²) in [5.74, 6) is 0.687. The summed E-state index contributed by atoms with van der Waals surface area (Å²) < 4.78 is 5.30. The number of rotatable bonds is 3. The van der Waals surface area contributed by atoms with Crippen LogP contribution in [0.1, 0.15) is 38.5 Å². The van der Waals surface area contributed by atoms with E-state index in [2.05, 4.69) is 5.32 Å². The fraction of sp³-hybridized carbons (Fsp3) is 0.923. The molecule has 4 heteroatoms. The quantitative estimate of drug-likeness (QED) is 0.725. The normalized spacial score (nSPS) is 34.3. The molecule has 3 N–H and O–H groups in total. The van der Waals surface area contributed by atoms with E-state index in [-0.39, 0.29) is 17.9 Å². The molecule has 2 aliphatic rings. The Kier molecular flexibility index (Phi) is 4.80. The van der Waals surface area contributed by atoms with Crippen LogP contribution in [-0.2, 0) is 9.53 Å². The molecular formula is C13H24N2O2. The fourth-order valence-corrected chi connectivity index (χ4v) is 2.78. The van der Waals surface area contributed by atoms with Crippen LogP contribution >= 0.6 is 0 Å². The van der Waals surface area contributed by atoms with Crippen LogP contribution in [0, 0.1) is 11.8 Å². The first-order valence-electron chi connectivity index (χ1n) is 6.88. The van der Waals surface area contributed by atoms with Gasteiger partial charge < -0.3 is 15.8 Å². The van der Waals surface area contributed by atoms with Crippen molar-refractivity contribution in [3.63, 3.8) is 0 Å². The van der Waals surface area contributed by atoms with E-state index >= 15 is 0 Å². The van der Waals surface area contributed by atoms with Gasteiger partial charge in [0.2, 0.25) is 5.91 Å². The fourth-order valence-electron chi connectivity index (χ4n) is 2.78. The van der Waals surface area contributed by atoms with Gasteiger partial charge in [-0.05, 0) is 19.3 Å². The van der Waals surface area contributed by atoms with Gasteiger partial charge in [-0.2, -0.15) is 0 Å². The predicted octanol–water partition coefficient (Wildman–Crippen LogP) is 1.05. The molecule has 1 heterocycles. The van der Waals surface area contributed by atoms with Gasteiger partial charge in [0, 0.05) is 25.1 Å². The third kappa shape index (κ3) is 3.68. The van der Waals surface area contributed by atoms with Gasteiger partial charge >= 0.3 is 0 Å². The third-order valence-corrected chi connectivity index (χ3v) is 4.00. The highest BCUT2D eigenvalue weighted by atomic mass is 16.5. The van der Waals surface area contributed by atoms with Crippen molar-refractivity contribution in [2.75, 3.05) is 19.8 Å². The lowest BCUT2D eigenvalue weighted by Crippen LogP contribution is -2.42. The maximum Gasteiger partial charge on any atom is 0.224 e. The Labute approximate surface area is 103 Å². The maximum absolute atomic E-state index is 12.1. The van der Waals surface area contributed by atoms with Crippen LogP contribution in [0.15, 0.2) is 0 Å². The van der Waals surface area contributed by atoms with E-state index in [0.717, 1.165) is 45.4 Å². The summed E-state index contributed by atoms with van der Waals surface area (Å²) in [6, 6.07) is 0.0531. The number of ether oxygens (including phenoxy) is 1. The van der Waals surface area contributed by atoms with E-state index in [0.29, 0.717) is 5.92 Å². The first-order chi connectivity index (χ1) is 8.27. The number of amides is 1. The summed E-state index contributed by atoms with van der Waals surface area (Å²) in [6.45, 7) is 2.38. The Bertz CT molecular complexity index is 252. The second kappa shape index (κ2) is 6.36. The molecule has 1 aliphatic carbocycles. The Balaban J connectivity index is 1.76. The first kappa shape index (κ1) is 12.8. The summed E-state index contributed by atoms with van der Waals surface area (Å²) >= 11 is 0. The summed E-state index contributed by atoms with van der Waals surface area (Å²) in [5, 5.41) is 3.05. The lowest BCUT2D eigenvalue weighted by atomic mass is 9.94. The van der Waals surface area contributed by atoms with Crippen molar-refractivity contribution in [3.05, 3.63) is 0 Å². The molecule has 0 spiro atoms. The topological polar surface area (TPSA) is 64.4 Å². The molecule has 2 fully saturated rings. The monoisotopic (exact) mass is 240 g/mol. The average molecular weight is 240 g/mol. The molecule has 4 nitrogen and oxygen atoms in total. The highest BCUT2D eigenvalue weighted by molar-refractivity contribution is 5.79. The second-order valence-corrected chi connectivity index (χ2v) is 5.38. The Morgan fingerprint density at radius 1 is 1.24 bits per heavy atom. The van der Waals surface area contributed by atoms with E-state index in [1.165, 1.54) is 12.8 Å². The van der Waals surface area contributed by atoms with Gasteiger partial charge in [0.05, 0.1) is 12.5 Å². The molecule has 98 valence electrons. The number of carbonyl (C=O) groups excluding carboxylic acids is 1. The van der Waals surface area contributed by atoms with Crippen molar-refractivity contribution < 1.29 is 9.53 Å². The van der Waals surface area contributed by atoms with E-state index in [1.54, 1.807) is 0 Å². The third-order valence-electron chi connectivity index (χ3n) is 4.00. The van der Waals surface area contributed by atoms with E-state index < -0.39 is 0 Å². The van der Waals surface area contributed by atoms with Crippen molar-refractivity contribution in [2.24, 2.45) is 17.6 Å². The second-order valence-electron chi connectivity index (χ2n) is 5.38.